The van der Waals surface area contributed by atoms with Gasteiger partial charge in [0.25, 0.3) is 6.43 Å². The number of nitrogens with zero attached hydrogens (tertiary/aromatic N) is 1. The number of hydrogen-bond donors (Lipinski definition) is 0. The Morgan fingerprint density at radius 3 is 2.60 bits per heavy atom. The zero-order valence-electron chi connectivity index (χ0n) is 11.1. The van der Waals surface area contributed by atoms with Crippen LogP contribution in [0, 0.1) is 6.92 Å². The van der Waals surface area contributed by atoms with Crippen molar-refractivity contribution in [3.63, 3.8) is 0 Å². The van der Waals surface area contributed by atoms with Crippen molar-refractivity contribution >= 4 is 0 Å². The van der Waals surface area contributed by atoms with E-state index in [0.717, 1.165) is 5.56 Å². The number of rotatable bonds is 5. The van der Waals surface area contributed by atoms with Gasteiger partial charge in [-0.2, -0.15) is 0 Å². The van der Waals surface area contributed by atoms with Crippen LogP contribution in [-0.2, 0) is 13.2 Å². The molecule has 1 aromatic carbocycles. The largest absolute Gasteiger partial charge is 0.483 e. The van der Waals surface area contributed by atoms with E-state index < -0.39 is 13.0 Å². The summed E-state index contributed by atoms with van der Waals surface area (Å²) in [5.41, 5.74) is 1.10. The minimum absolute atomic E-state index is 0.0834. The Kier molecular flexibility index (Phi) is 4.50. The molecular weight excluding hydrogens is 264 g/mol. The van der Waals surface area contributed by atoms with E-state index in [4.69, 9.17) is 4.74 Å². The molecule has 106 valence electrons. The van der Waals surface area contributed by atoms with E-state index in [9.17, 15) is 13.6 Å². The molecule has 0 aliphatic heterocycles. The molecule has 0 fully saturated rings. The lowest BCUT2D eigenvalue weighted by atomic mass is 10.2. The summed E-state index contributed by atoms with van der Waals surface area (Å²) in [5.74, 6) is 0.0834. The molecule has 0 bridgehead atoms. The van der Waals surface area contributed by atoms with E-state index >= 15 is 0 Å². The number of aromatic nitrogens is 1. The zero-order chi connectivity index (χ0) is 14.5. The fraction of sp³-hybridized carbons (Fsp3) is 0.267. The molecule has 0 atom stereocenters. The lowest BCUT2D eigenvalue weighted by Gasteiger charge is -2.12. The van der Waals surface area contributed by atoms with Gasteiger partial charge in [-0.3, -0.25) is 4.79 Å². The number of halogens is 2. The van der Waals surface area contributed by atoms with Crippen LogP contribution in [0.3, 0.4) is 0 Å². The SMILES string of the molecule is Cc1cc(=O)c(OCc2ccccc2)cn1CC(F)F. The Balaban J connectivity index is 2.17. The molecule has 1 aromatic heterocycles. The van der Waals surface area contributed by atoms with Crippen molar-refractivity contribution in [2.45, 2.75) is 26.5 Å². The van der Waals surface area contributed by atoms with Gasteiger partial charge in [-0.25, -0.2) is 8.78 Å². The van der Waals surface area contributed by atoms with Crippen molar-refractivity contribution in [1.82, 2.24) is 4.57 Å². The molecule has 0 aliphatic rings. The van der Waals surface area contributed by atoms with Crippen LogP contribution in [0.2, 0.25) is 0 Å². The van der Waals surface area contributed by atoms with E-state index in [1.165, 1.54) is 16.8 Å². The molecule has 0 N–H and O–H groups in total. The fourth-order valence-corrected chi connectivity index (χ4v) is 1.84. The van der Waals surface area contributed by atoms with Gasteiger partial charge in [-0.05, 0) is 12.5 Å². The summed E-state index contributed by atoms with van der Waals surface area (Å²) >= 11 is 0. The van der Waals surface area contributed by atoms with Gasteiger partial charge in [0.15, 0.2) is 5.75 Å². The number of ether oxygens (including phenoxy) is 1. The second-order valence-corrected chi connectivity index (χ2v) is 4.46. The van der Waals surface area contributed by atoms with Crippen LogP contribution < -0.4 is 10.2 Å². The molecule has 2 aromatic rings. The van der Waals surface area contributed by atoms with Crippen molar-refractivity contribution in [3.05, 3.63) is 64.1 Å². The van der Waals surface area contributed by atoms with E-state index in [1.54, 1.807) is 6.92 Å². The van der Waals surface area contributed by atoms with Crippen molar-refractivity contribution in [2.75, 3.05) is 0 Å². The monoisotopic (exact) mass is 279 g/mol. The quantitative estimate of drug-likeness (QED) is 0.842. The lowest BCUT2D eigenvalue weighted by Crippen LogP contribution is -2.16. The molecule has 0 aliphatic carbocycles. The molecule has 0 unspecified atom stereocenters. The molecule has 0 spiro atoms. The van der Waals surface area contributed by atoms with Gasteiger partial charge in [-0.15, -0.1) is 0 Å². The summed E-state index contributed by atoms with van der Waals surface area (Å²) in [7, 11) is 0. The van der Waals surface area contributed by atoms with Crippen LogP contribution in [0.1, 0.15) is 11.3 Å². The normalized spacial score (nSPS) is 10.8. The molecule has 5 heteroatoms. The number of pyridine rings is 1. The van der Waals surface area contributed by atoms with Crippen LogP contribution >= 0.6 is 0 Å². The number of hydrogen-bond acceptors (Lipinski definition) is 2. The maximum absolute atomic E-state index is 12.4. The Morgan fingerprint density at radius 1 is 1.25 bits per heavy atom. The lowest BCUT2D eigenvalue weighted by molar-refractivity contribution is 0.125. The Bertz CT molecular complexity index is 624. The zero-order valence-corrected chi connectivity index (χ0v) is 11.1. The van der Waals surface area contributed by atoms with Gasteiger partial charge in [0, 0.05) is 11.8 Å². The molecule has 20 heavy (non-hydrogen) atoms. The summed E-state index contributed by atoms with van der Waals surface area (Å²) in [5, 5.41) is 0. The van der Waals surface area contributed by atoms with Crippen LogP contribution in [0.5, 0.6) is 5.75 Å². The third kappa shape index (κ3) is 3.66. The van der Waals surface area contributed by atoms with Gasteiger partial charge < -0.3 is 9.30 Å². The summed E-state index contributed by atoms with van der Waals surface area (Å²) in [6.45, 7) is 1.40. The van der Waals surface area contributed by atoms with E-state index in [2.05, 4.69) is 0 Å². The molecule has 0 saturated heterocycles. The van der Waals surface area contributed by atoms with Crippen LogP contribution in [-0.4, -0.2) is 11.0 Å². The van der Waals surface area contributed by atoms with E-state index in [-0.39, 0.29) is 17.8 Å². The first-order valence-corrected chi connectivity index (χ1v) is 6.22. The van der Waals surface area contributed by atoms with Gasteiger partial charge in [-0.1, -0.05) is 30.3 Å². The van der Waals surface area contributed by atoms with Crippen molar-refractivity contribution in [1.29, 1.82) is 0 Å². The molecular formula is C15H15F2NO2. The number of aryl methyl sites for hydroxylation is 1. The second-order valence-electron chi connectivity index (χ2n) is 4.46. The van der Waals surface area contributed by atoms with Gasteiger partial charge >= 0.3 is 0 Å². The smallest absolute Gasteiger partial charge is 0.256 e. The summed E-state index contributed by atoms with van der Waals surface area (Å²) in [6.07, 6.45) is -1.13. The number of alkyl halides is 2. The van der Waals surface area contributed by atoms with Crippen molar-refractivity contribution in [3.8, 4) is 5.75 Å². The predicted octanol–water partition coefficient (Wildman–Crippen LogP) is 3.00. The predicted molar refractivity (Wildman–Crippen MR) is 72.2 cm³/mol. The maximum Gasteiger partial charge on any atom is 0.256 e. The van der Waals surface area contributed by atoms with Crippen molar-refractivity contribution < 1.29 is 13.5 Å². The Morgan fingerprint density at radius 2 is 1.95 bits per heavy atom. The first kappa shape index (κ1) is 14.2. The Labute approximate surface area is 115 Å². The average molecular weight is 279 g/mol. The summed E-state index contributed by atoms with van der Waals surface area (Å²) in [6, 6.07) is 10.7. The third-order valence-electron chi connectivity index (χ3n) is 2.88. The van der Waals surface area contributed by atoms with Crippen molar-refractivity contribution in [2.24, 2.45) is 0 Å². The highest BCUT2D eigenvalue weighted by molar-refractivity contribution is 5.22. The first-order chi connectivity index (χ1) is 9.56. The molecule has 0 saturated carbocycles. The van der Waals surface area contributed by atoms with E-state index in [0.29, 0.717) is 5.69 Å². The standard InChI is InChI=1S/C15H15F2NO2/c1-11-7-13(19)14(8-18(11)9-15(16)17)20-10-12-5-3-2-4-6-12/h2-8,15H,9-10H2,1H3. The summed E-state index contributed by atoms with van der Waals surface area (Å²) < 4.78 is 31.6. The third-order valence-corrected chi connectivity index (χ3v) is 2.88. The summed E-state index contributed by atoms with van der Waals surface area (Å²) in [4.78, 5) is 11.8. The first-order valence-electron chi connectivity index (χ1n) is 6.22. The van der Waals surface area contributed by atoms with E-state index in [1.807, 2.05) is 30.3 Å². The Hall–Kier alpha value is -2.17. The van der Waals surface area contributed by atoms with Crippen LogP contribution in [0.25, 0.3) is 0 Å². The van der Waals surface area contributed by atoms with Crippen LogP contribution in [0.15, 0.2) is 47.4 Å². The molecule has 0 amide bonds. The van der Waals surface area contributed by atoms with Gasteiger partial charge in [0.1, 0.15) is 6.61 Å². The minimum Gasteiger partial charge on any atom is -0.483 e. The number of benzene rings is 1. The highest BCUT2D eigenvalue weighted by atomic mass is 19.3. The van der Waals surface area contributed by atoms with Gasteiger partial charge in [0.2, 0.25) is 5.43 Å². The molecule has 1 heterocycles. The maximum atomic E-state index is 12.4. The van der Waals surface area contributed by atoms with Gasteiger partial charge in [0.05, 0.1) is 12.7 Å². The fourth-order valence-electron chi connectivity index (χ4n) is 1.84. The minimum atomic E-state index is -2.47. The molecule has 2 rings (SSSR count). The highest BCUT2D eigenvalue weighted by Crippen LogP contribution is 2.11. The second kappa shape index (κ2) is 6.32. The molecule has 3 nitrogen and oxygen atoms in total. The molecule has 0 radical (unpaired) electrons. The average Bonchev–Trinajstić information content (AvgIpc) is 2.41. The van der Waals surface area contributed by atoms with Crippen LogP contribution in [0.4, 0.5) is 8.78 Å². The topological polar surface area (TPSA) is 31.2 Å². The highest BCUT2D eigenvalue weighted by Gasteiger charge is 2.09.